The lowest BCUT2D eigenvalue weighted by atomic mass is 9.83. The summed E-state index contributed by atoms with van der Waals surface area (Å²) in [5, 5.41) is 15.6. The van der Waals surface area contributed by atoms with E-state index in [-0.39, 0.29) is 24.6 Å². The third-order valence-corrected chi connectivity index (χ3v) is 5.66. The van der Waals surface area contributed by atoms with Gasteiger partial charge in [0.25, 0.3) is 0 Å². The summed E-state index contributed by atoms with van der Waals surface area (Å²) in [6.07, 6.45) is 8.79. The molecule has 3 aliphatic carbocycles. The van der Waals surface area contributed by atoms with Crippen LogP contribution in [0.3, 0.4) is 0 Å². The van der Waals surface area contributed by atoms with Crippen molar-refractivity contribution < 1.29 is 9.90 Å². The zero-order chi connectivity index (χ0) is 13.2. The molecule has 108 valence electrons. The number of hydrogen-bond acceptors (Lipinski definition) is 2. The monoisotopic (exact) mass is 266 g/mol. The minimum Gasteiger partial charge on any atom is -0.396 e. The van der Waals surface area contributed by atoms with E-state index in [9.17, 15) is 9.90 Å². The molecule has 0 aromatic carbocycles. The minimum atomic E-state index is -0.0321. The lowest BCUT2D eigenvalue weighted by Crippen LogP contribution is -2.49. The molecule has 4 heteroatoms. The first-order chi connectivity index (χ1) is 9.28. The van der Waals surface area contributed by atoms with Crippen molar-refractivity contribution in [3.05, 3.63) is 0 Å². The van der Waals surface area contributed by atoms with Crippen LogP contribution < -0.4 is 10.6 Å². The Morgan fingerprint density at radius 2 is 1.95 bits per heavy atom. The Hall–Kier alpha value is -0.770. The molecule has 19 heavy (non-hydrogen) atoms. The summed E-state index contributed by atoms with van der Waals surface area (Å²) in [7, 11) is 0. The maximum absolute atomic E-state index is 11.9. The van der Waals surface area contributed by atoms with Crippen LogP contribution in [0.4, 0.5) is 4.79 Å². The minimum absolute atomic E-state index is 0.0321. The molecular formula is C15H26N2O2. The van der Waals surface area contributed by atoms with E-state index in [0.717, 1.165) is 18.9 Å². The number of urea groups is 1. The second-order valence-corrected chi connectivity index (χ2v) is 6.69. The van der Waals surface area contributed by atoms with Crippen LogP contribution in [0.5, 0.6) is 0 Å². The van der Waals surface area contributed by atoms with Gasteiger partial charge >= 0.3 is 6.03 Å². The van der Waals surface area contributed by atoms with Crippen LogP contribution in [-0.2, 0) is 0 Å². The van der Waals surface area contributed by atoms with E-state index in [1.54, 1.807) is 0 Å². The third-order valence-electron chi connectivity index (χ3n) is 5.66. The van der Waals surface area contributed by atoms with Gasteiger partial charge in [0, 0.05) is 25.1 Å². The number of carbonyl (C=O) groups excluding carboxylic acids is 1. The molecule has 3 N–H and O–H groups in total. The zero-order valence-corrected chi connectivity index (χ0v) is 11.6. The fraction of sp³-hybridized carbons (Fsp3) is 0.933. The van der Waals surface area contributed by atoms with Gasteiger partial charge in [-0.1, -0.05) is 19.3 Å². The first kappa shape index (κ1) is 13.2. The number of fused-ring (bicyclic) bond motifs is 2. The lowest BCUT2D eigenvalue weighted by molar-refractivity contribution is 0.144. The smallest absolute Gasteiger partial charge is 0.315 e. The van der Waals surface area contributed by atoms with E-state index >= 15 is 0 Å². The fourth-order valence-corrected chi connectivity index (χ4v) is 4.27. The van der Waals surface area contributed by atoms with Gasteiger partial charge in [0.2, 0.25) is 0 Å². The quantitative estimate of drug-likeness (QED) is 0.711. The highest BCUT2D eigenvalue weighted by atomic mass is 16.3. The molecular weight excluding hydrogens is 240 g/mol. The lowest BCUT2D eigenvalue weighted by Gasteiger charge is -2.30. The Balaban J connectivity index is 1.41. The number of aliphatic hydroxyl groups is 1. The van der Waals surface area contributed by atoms with Gasteiger partial charge in [-0.15, -0.1) is 0 Å². The summed E-state index contributed by atoms with van der Waals surface area (Å²) in [5.74, 6) is 2.36. The van der Waals surface area contributed by atoms with Gasteiger partial charge in [0.05, 0.1) is 0 Å². The van der Waals surface area contributed by atoms with Gasteiger partial charge in [-0.2, -0.15) is 0 Å². The van der Waals surface area contributed by atoms with Gasteiger partial charge < -0.3 is 15.7 Å². The first-order valence-corrected chi connectivity index (χ1v) is 7.93. The number of amides is 2. The van der Waals surface area contributed by atoms with Gasteiger partial charge in [0.1, 0.15) is 0 Å². The van der Waals surface area contributed by atoms with Crippen molar-refractivity contribution in [2.45, 2.75) is 51.0 Å². The number of hydrogen-bond donors (Lipinski definition) is 3. The maximum Gasteiger partial charge on any atom is 0.315 e. The van der Waals surface area contributed by atoms with Gasteiger partial charge in [-0.25, -0.2) is 4.79 Å². The molecule has 0 radical (unpaired) electrons. The Labute approximate surface area is 115 Å². The van der Waals surface area contributed by atoms with Crippen LogP contribution in [0.1, 0.15) is 44.9 Å². The molecule has 3 aliphatic rings. The van der Waals surface area contributed by atoms with Crippen molar-refractivity contribution in [1.82, 2.24) is 10.6 Å². The molecule has 0 saturated heterocycles. The van der Waals surface area contributed by atoms with E-state index in [2.05, 4.69) is 10.6 Å². The van der Waals surface area contributed by atoms with E-state index in [4.69, 9.17) is 0 Å². The molecule has 0 aromatic rings. The van der Waals surface area contributed by atoms with Crippen molar-refractivity contribution in [2.24, 2.45) is 23.7 Å². The van der Waals surface area contributed by atoms with Crippen LogP contribution in [0.2, 0.25) is 0 Å². The standard InChI is InChI=1S/C15H26N2O2/c18-9-13-11-4-5-12(8-11)14(13)17-15(19)16-7-6-10-2-1-3-10/h10-14,18H,1-9H2,(H2,16,17,19). The predicted octanol–water partition coefficient (Wildman–Crippen LogP) is 1.88. The average molecular weight is 266 g/mol. The summed E-state index contributed by atoms with van der Waals surface area (Å²) in [4.78, 5) is 11.9. The normalized spacial score (nSPS) is 37.1. The summed E-state index contributed by atoms with van der Waals surface area (Å²) in [6.45, 7) is 1.01. The maximum atomic E-state index is 11.9. The number of rotatable bonds is 5. The van der Waals surface area contributed by atoms with Gasteiger partial charge in [-0.3, -0.25) is 0 Å². The largest absolute Gasteiger partial charge is 0.396 e. The number of carbonyl (C=O) groups is 1. The Morgan fingerprint density at radius 1 is 1.16 bits per heavy atom. The molecule has 0 aliphatic heterocycles. The number of aliphatic hydroxyl groups excluding tert-OH is 1. The fourth-order valence-electron chi connectivity index (χ4n) is 4.27. The second-order valence-electron chi connectivity index (χ2n) is 6.69. The first-order valence-electron chi connectivity index (χ1n) is 7.93. The zero-order valence-electron chi connectivity index (χ0n) is 11.6. The molecule has 4 unspecified atom stereocenters. The second kappa shape index (κ2) is 5.70. The van der Waals surface area contributed by atoms with E-state index in [1.165, 1.54) is 38.5 Å². The third kappa shape index (κ3) is 2.73. The molecule has 3 saturated carbocycles. The predicted molar refractivity (Wildman–Crippen MR) is 73.7 cm³/mol. The average Bonchev–Trinajstić information content (AvgIpc) is 2.93. The van der Waals surface area contributed by atoms with Crippen molar-refractivity contribution in [3.63, 3.8) is 0 Å². The van der Waals surface area contributed by atoms with E-state index < -0.39 is 0 Å². The van der Waals surface area contributed by atoms with E-state index in [0.29, 0.717) is 11.8 Å². The molecule has 2 bridgehead atoms. The highest BCUT2D eigenvalue weighted by Crippen LogP contribution is 2.48. The molecule has 0 aromatic heterocycles. The molecule has 4 atom stereocenters. The van der Waals surface area contributed by atoms with Crippen LogP contribution >= 0.6 is 0 Å². The summed E-state index contributed by atoms with van der Waals surface area (Å²) >= 11 is 0. The summed E-state index contributed by atoms with van der Waals surface area (Å²) in [6, 6.07) is 0.169. The van der Waals surface area contributed by atoms with Crippen molar-refractivity contribution >= 4 is 6.03 Å². The topological polar surface area (TPSA) is 61.4 Å². The summed E-state index contributed by atoms with van der Waals surface area (Å²) < 4.78 is 0. The molecule has 0 heterocycles. The van der Waals surface area contributed by atoms with Crippen LogP contribution in [-0.4, -0.2) is 30.3 Å². The van der Waals surface area contributed by atoms with Gasteiger partial charge in [0.15, 0.2) is 0 Å². The molecule has 3 fully saturated rings. The highest BCUT2D eigenvalue weighted by Gasteiger charge is 2.47. The van der Waals surface area contributed by atoms with Crippen LogP contribution in [0.25, 0.3) is 0 Å². The van der Waals surface area contributed by atoms with Crippen LogP contribution in [0.15, 0.2) is 0 Å². The van der Waals surface area contributed by atoms with E-state index in [1.807, 2.05) is 0 Å². The Morgan fingerprint density at radius 3 is 2.63 bits per heavy atom. The molecule has 3 rings (SSSR count). The van der Waals surface area contributed by atoms with Crippen molar-refractivity contribution in [3.8, 4) is 0 Å². The Kier molecular flexibility index (Phi) is 3.96. The number of nitrogens with one attached hydrogen (secondary N) is 2. The van der Waals surface area contributed by atoms with Crippen molar-refractivity contribution in [2.75, 3.05) is 13.2 Å². The molecule has 0 spiro atoms. The summed E-state index contributed by atoms with van der Waals surface area (Å²) in [5.41, 5.74) is 0. The Bertz CT molecular complexity index is 330. The molecule has 4 nitrogen and oxygen atoms in total. The SMILES string of the molecule is O=C(NCCC1CCC1)NC1C2CCC(C2)C1CO. The highest BCUT2D eigenvalue weighted by molar-refractivity contribution is 5.74. The molecule has 2 amide bonds. The van der Waals surface area contributed by atoms with Crippen molar-refractivity contribution in [1.29, 1.82) is 0 Å². The van der Waals surface area contributed by atoms with Crippen LogP contribution in [0, 0.1) is 23.7 Å². The van der Waals surface area contributed by atoms with Gasteiger partial charge in [-0.05, 0) is 43.4 Å².